The Morgan fingerprint density at radius 1 is 0.857 bits per heavy atom. The van der Waals surface area contributed by atoms with Crippen molar-refractivity contribution in [1.29, 1.82) is 0 Å². The number of hydrogen-bond acceptors (Lipinski definition) is 17. The average molecular weight is 711 g/mol. The van der Waals surface area contributed by atoms with Gasteiger partial charge < -0.3 is 88.1 Å². The molecule has 0 aromatic rings. The predicted octanol–water partition coefficient (Wildman–Crippen LogP) is -6.02. The summed E-state index contributed by atoms with van der Waals surface area (Å²) in [6.07, 6.45) is -9.75. The maximum Gasteiger partial charge on any atom is 0.186 e. The fourth-order valence-corrected chi connectivity index (χ4v) is 6.30. The predicted molar refractivity (Wildman–Crippen MR) is 179 cm³/mol. The highest BCUT2D eigenvalue weighted by atomic mass is 16.7. The van der Waals surface area contributed by atoms with Gasteiger partial charge in [-0.1, -0.05) is 6.92 Å². The van der Waals surface area contributed by atoms with E-state index in [0.29, 0.717) is 25.9 Å². The standard InChI is InChI=1S/C23H46N4O10.C7H16N4O/c1-9-15(29)12(7-24-2)34-22(16(9)30)36-20-10(25-3)6-11(26-4)21(19(20)33)37-23-18(32)14(27-5)17(31)13(8-28)35-23;1-5(12)6(8)3-2-4-11-7(9)10/h9-33H,6-8H2,1-5H3;6H,2-4,8H2,1H3,(H4,9,10,11)/t9-,10?,11-,12+,13-,14+,15+,16?,17?,18?,19+,20+,21-,22-,23?;6-/m10/s1. The summed E-state index contributed by atoms with van der Waals surface area (Å²) in [5.41, 5.74) is 15.7. The third-order valence-electron chi connectivity index (χ3n) is 9.46. The first kappa shape index (κ1) is 43.5. The number of nitrogens with two attached hydrogens (primary N) is 3. The summed E-state index contributed by atoms with van der Waals surface area (Å²) in [7, 11) is 6.74. The molecule has 0 amide bonds. The van der Waals surface area contributed by atoms with Crippen molar-refractivity contribution in [2.24, 2.45) is 28.1 Å². The molecule has 5 unspecified atom stereocenters. The molecule has 3 aliphatic rings. The van der Waals surface area contributed by atoms with Crippen molar-refractivity contribution in [3.63, 3.8) is 0 Å². The molecule has 0 radical (unpaired) electrons. The van der Waals surface area contributed by atoms with Gasteiger partial charge >= 0.3 is 0 Å². The zero-order chi connectivity index (χ0) is 37.0. The third kappa shape index (κ3) is 11.7. The van der Waals surface area contributed by atoms with Gasteiger partial charge in [-0.2, -0.15) is 0 Å². The van der Waals surface area contributed by atoms with Gasteiger partial charge in [0, 0.05) is 31.1 Å². The molecule has 2 aliphatic heterocycles. The molecule has 16 N–H and O–H groups in total. The van der Waals surface area contributed by atoms with Gasteiger partial charge in [-0.25, -0.2) is 0 Å². The number of carbonyl (C=O) groups excluding carboxylic acids is 1. The van der Waals surface area contributed by atoms with E-state index in [0.717, 1.165) is 6.42 Å². The number of nitrogens with one attached hydrogen (secondary N) is 4. The van der Waals surface area contributed by atoms with E-state index >= 15 is 0 Å². The molecule has 49 heavy (non-hydrogen) atoms. The van der Waals surface area contributed by atoms with E-state index in [1.165, 1.54) is 6.92 Å². The van der Waals surface area contributed by atoms with Crippen LogP contribution in [0.2, 0.25) is 0 Å². The van der Waals surface area contributed by atoms with Gasteiger partial charge in [-0.3, -0.25) is 9.79 Å². The summed E-state index contributed by atoms with van der Waals surface area (Å²) in [6.45, 7) is 3.57. The number of ether oxygens (including phenoxy) is 4. The SMILES string of the molecule is CC(=O)[C@@H](N)CCCN=C(N)N.CNC[C@@H]1O[C@H](O[C@H]2C(NC)C[C@@H](NC)[C@@H](OC3O[C@H](CO)C(O)[C@H](NC)C3O)[C@H]2O)C(O)[C@H](C)[C@@H]1O. The first-order chi connectivity index (χ1) is 23.2. The summed E-state index contributed by atoms with van der Waals surface area (Å²) in [5, 5.41) is 75.6. The number of carbonyl (C=O) groups is 1. The number of hydrogen-bond donors (Lipinski definition) is 13. The van der Waals surface area contributed by atoms with E-state index in [9.17, 15) is 35.4 Å². The Labute approximate surface area is 288 Å². The van der Waals surface area contributed by atoms with Crippen LogP contribution >= 0.6 is 0 Å². The van der Waals surface area contributed by atoms with Crippen LogP contribution in [0.4, 0.5) is 0 Å². The number of likely N-dealkylation sites (N-methyl/N-ethyl adjacent to an activating group) is 4. The van der Waals surface area contributed by atoms with Crippen molar-refractivity contribution in [3.8, 4) is 0 Å². The Hall–Kier alpha value is -1.66. The molecule has 19 nitrogen and oxygen atoms in total. The van der Waals surface area contributed by atoms with E-state index in [1.54, 1.807) is 35.1 Å². The molecule has 1 saturated carbocycles. The van der Waals surface area contributed by atoms with Gasteiger partial charge in [-0.15, -0.1) is 0 Å². The molecule has 0 aromatic heterocycles. The van der Waals surface area contributed by atoms with Crippen LogP contribution in [0.15, 0.2) is 4.99 Å². The van der Waals surface area contributed by atoms with Crippen LogP contribution in [-0.4, -0.2) is 182 Å². The Bertz CT molecular complexity index is 1000. The van der Waals surface area contributed by atoms with Crippen molar-refractivity contribution in [1.82, 2.24) is 21.3 Å². The van der Waals surface area contributed by atoms with Crippen molar-refractivity contribution >= 4 is 11.7 Å². The van der Waals surface area contributed by atoms with Crippen LogP contribution in [0.1, 0.15) is 33.1 Å². The minimum absolute atomic E-state index is 0.000278. The lowest BCUT2D eigenvalue weighted by molar-refractivity contribution is -0.329. The van der Waals surface area contributed by atoms with Crippen LogP contribution < -0.4 is 38.5 Å². The first-order valence-corrected chi connectivity index (χ1v) is 16.8. The summed E-state index contributed by atoms with van der Waals surface area (Å²) in [6, 6.07) is -1.95. The van der Waals surface area contributed by atoms with E-state index in [1.807, 2.05) is 0 Å². The molecule has 19 heteroatoms. The third-order valence-corrected chi connectivity index (χ3v) is 9.46. The second kappa shape index (κ2) is 21.0. The van der Waals surface area contributed by atoms with Gasteiger partial charge in [0.05, 0.1) is 30.9 Å². The largest absolute Gasteiger partial charge is 0.394 e. The fourth-order valence-electron chi connectivity index (χ4n) is 6.30. The highest BCUT2D eigenvalue weighted by molar-refractivity contribution is 5.81. The van der Waals surface area contributed by atoms with E-state index in [4.69, 9.17) is 36.1 Å². The molecular formula is C30H62N8O11. The molecule has 0 spiro atoms. The minimum Gasteiger partial charge on any atom is -0.394 e. The smallest absolute Gasteiger partial charge is 0.186 e. The van der Waals surface area contributed by atoms with E-state index in [2.05, 4.69) is 26.3 Å². The lowest BCUT2D eigenvalue weighted by atomic mass is 9.83. The number of Topliss-reactive ketones (excluding diaryl/α,β-unsaturated/α-hetero) is 1. The summed E-state index contributed by atoms with van der Waals surface area (Å²) in [5.74, 6) is -0.458. The summed E-state index contributed by atoms with van der Waals surface area (Å²) in [4.78, 5) is 14.4. The number of nitrogens with zero attached hydrogens (tertiary/aromatic N) is 1. The Balaban J connectivity index is 0.000000591. The van der Waals surface area contributed by atoms with Crippen molar-refractivity contribution in [3.05, 3.63) is 0 Å². The molecule has 0 bridgehead atoms. The number of ketones is 1. The zero-order valence-corrected chi connectivity index (χ0v) is 29.4. The summed E-state index contributed by atoms with van der Waals surface area (Å²) < 4.78 is 23.8. The van der Waals surface area contributed by atoms with E-state index in [-0.39, 0.29) is 29.9 Å². The summed E-state index contributed by atoms with van der Waals surface area (Å²) >= 11 is 0. The molecular weight excluding hydrogens is 648 g/mol. The number of aliphatic hydroxyl groups is 6. The van der Waals surface area contributed by atoms with Crippen molar-refractivity contribution in [2.45, 2.75) is 125 Å². The van der Waals surface area contributed by atoms with Crippen molar-refractivity contribution < 1.29 is 54.4 Å². The van der Waals surface area contributed by atoms with Crippen molar-refractivity contribution in [2.75, 3.05) is 47.9 Å². The second-order valence-electron chi connectivity index (χ2n) is 12.8. The molecule has 2 heterocycles. The van der Waals surface area contributed by atoms with Crippen LogP contribution in [0.3, 0.4) is 0 Å². The van der Waals surface area contributed by atoms with Crippen LogP contribution in [0.5, 0.6) is 0 Å². The maximum absolute atomic E-state index is 11.5. The highest BCUT2D eigenvalue weighted by Crippen LogP contribution is 2.33. The molecule has 16 atom stereocenters. The molecule has 3 fully saturated rings. The molecule has 0 aromatic carbocycles. The average Bonchev–Trinajstić information content (AvgIpc) is 3.07. The van der Waals surface area contributed by atoms with E-state index < -0.39 is 86.1 Å². The molecule has 288 valence electrons. The van der Waals surface area contributed by atoms with Gasteiger partial charge in [0.25, 0.3) is 0 Å². The number of rotatable bonds is 15. The Kier molecular flexibility index (Phi) is 18.7. The number of aliphatic imine (C=N–C) groups is 1. The van der Waals surface area contributed by atoms with Gasteiger partial charge in [0.2, 0.25) is 0 Å². The quantitative estimate of drug-likeness (QED) is 0.0427. The van der Waals surface area contributed by atoms with Gasteiger partial charge in [0.1, 0.15) is 48.5 Å². The van der Waals surface area contributed by atoms with Crippen LogP contribution in [0, 0.1) is 5.92 Å². The molecule has 3 rings (SSSR count). The normalized spacial score (nSPS) is 40.1. The minimum atomic E-state index is -1.29. The zero-order valence-electron chi connectivity index (χ0n) is 29.4. The molecule has 2 saturated heterocycles. The lowest BCUT2D eigenvalue weighted by Crippen LogP contribution is -2.69. The lowest BCUT2D eigenvalue weighted by Gasteiger charge is -2.49. The van der Waals surface area contributed by atoms with Crippen LogP contribution in [-0.2, 0) is 23.7 Å². The Morgan fingerprint density at radius 3 is 1.88 bits per heavy atom. The fraction of sp³-hybridized carbons (Fsp3) is 0.933. The van der Waals surface area contributed by atoms with Gasteiger partial charge in [0.15, 0.2) is 18.5 Å². The number of aliphatic hydroxyl groups excluding tert-OH is 6. The Morgan fingerprint density at radius 2 is 1.41 bits per heavy atom. The topological polar surface area (TPSA) is 314 Å². The number of guanidine groups is 1. The second-order valence-corrected chi connectivity index (χ2v) is 12.8. The van der Waals surface area contributed by atoms with Crippen LogP contribution in [0.25, 0.3) is 0 Å². The highest BCUT2D eigenvalue weighted by Gasteiger charge is 2.52. The van der Waals surface area contributed by atoms with Gasteiger partial charge in [-0.05, 0) is 54.4 Å². The first-order valence-electron chi connectivity index (χ1n) is 16.8. The monoisotopic (exact) mass is 710 g/mol. The molecule has 1 aliphatic carbocycles. The maximum atomic E-state index is 11.5.